The fraction of sp³-hybridized carbons (Fsp3) is 0.150. The van der Waals surface area contributed by atoms with Crippen LogP contribution in [0.4, 0.5) is 4.39 Å². The zero-order valence-corrected chi connectivity index (χ0v) is 15.7. The molecule has 0 fully saturated rings. The van der Waals surface area contributed by atoms with Gasteiger partial charge in [0.15, 0.2) is 5.16 Å². The van der Waals surface area contributed by atoms with Gasteiger partial charge in [-0.25, -0.2) is 4.39 Å². The van der Waals surface area contributed by atoms with Gasteiger partial charge in [-0.2, -0.15) is 0 Å². The summed E-state index contributed by atoms with van der Waals surface area (Å²) in [7, 11) is 0. The van der Waals surface area contributed by atoms with Crippen LogP contribution >= 0.6 is 11.8 Å². The molecule has 0 amide bonds. The number of aryl methyl sites for hydroxylation is 2. The third kappa shape index (κ3) is 3.38. The van der Waals surface area contributed by atoms with E-state index in [9.17, 15) is 9.18 Å². The highest BCUT2D eigenvalue weighted by molar-refractivity contribution is 7.98. The van der Waals surface area contributed by atoms with Gasteiger partial charge in [0.2, 0.25) is 5.65 Å². The summed E-state index contributed by atoms with van der Waals surface area (Å²) in [6.45, 7) is 3.99. The third-order valence-corrected chi connectivity index (χ3v) is 5.23. The number of benzene rings is 2. The van der Waals surface area contributed by atoms with Gasteiger partial charge in [-0.05, 0) is 48.7 Å². The Bertz CT molecular complexity index is 1180. The van der Waals surface area contributed by atoms with Crippen LogP contribution in [0.3, 0.4) is 0 Å². The molecule has 2 aromatic carbocycles. The first-order valence-electron chi connectivity index (χ1n) is 8.44. The van der Waals surface area contributed by atoms with E-state index >= 15 is 0 Å². The van der Waals surface area contributed by atoms with Crippen LogP contribution < -0.4 is 5.56 Å². The summed E-state index contributed by atoms with van der Waals surface area (Å²) in [6, 6.07) is 12.6. The van der Waals surface area contributed by atoms with Crippen molar-refractivity contribution in [3.05, 3.63) is 87.7 Å². The molecule has 2 aromatic heterocycles. The number of thioether (sulfide) groups is 1. The molecule has 4 aromatic rings. The van der Waals surface area contributed by atoms with Crippen molar-refractivity contribution in [1.29, 1.82) is 0 Å². The summed E-state index contributed by atoms with van der Waals surface area (Å²) in [6.07, 6.45) is 3.47. The Morgan fingerprint density at radius 1 is 1.04 bits per heavy atom. The van der Waals surface area contributed by atoms with Crippen LogP contribution in [0.2, 0.25) is 0 Å². The van der Waals surface area contributed by atoms with Gasteiger partial charge in [-0.1, -0.05) is 36.0 Å². The van der Waals surface area contributed by atoms with E-state index in [4.69, 9.17) is 0 Å². The summed E-state index contributed by atoms with van der Waals surface area (Å²) < 4.78 is 17.0. The molecule has 0 saturated heterocycles. The van der Waals surface area contributed by atoms with Crippen molar-refractivity contribution in [2.24, 2.45) is 0 Å². The minimum absolute atomic E-state index is 0.243. The molecule has 136 valence electrons. The summed E-state index contributed by atoms with van der Waals surface area (Å²) in [4.78, 5) is 12.9. The van der Waals surface area contributed by atoms with Gasteiger partial charge in [0.25, 0.3) is 0 Å². The van der Waals surface area contributed by atoms with E-state index in [1.54, 1.807) is 39.6 Å². The first-order valence-corrected chi connectivity index (χ1v) is 9.43. The molecule has 0 aliphatic rings. The number of fused-ring (bicyclic) bond motifs is 1. The largest absolute Gasteiger partial charge is 0.300 e. The van der Waals surface area contributed by atoms with Crippen molar-refractivity contribution in [3.63, 3.8) is 0 Å². The van der Waals surface area contributed by atoms with E-state index in [2.05, 4.69) is 16.3 Å². The molecule has 0 bridgehead atoms. The van der Waals surface area contributed by atoms with Gasteiger partial charge in [0.05, 0.1) is 0 Å². The van der Waals surface area contributed by atoms with E-state index in [-0.39, 0.29) is 17.0 Å². The Morgan fingerprint density at radius 3 is 2.52 bits per heavy atom. The lowest BCUT2D eigenvalue weighted by Crippen LogP contribution is -2.20. The number of nitrogens with zero attached hydrogens (tertiary/aromatic N) is 4. The predicted molar refractivity (Wildman–Crippen MR) is 104 cm³/mol. The molecule has 5 nitrogen and oxygen atoms in total. The second-order valence-corrected chi connectivity index (χ2v) is 7.32. The Hall–Kier alpha value is -2.93. The smallest absolute Gasteiger partial charge is 0.280 e. The average molecular weight is 380 g/mol. The zero-order chi connectivity index (χ0) is 19.0. The topological polar surface area (TPSA) is 52.2 Å². The molecule has 0 saturated carbocycles. The van der Waals surface area contributed by atoms with E-state index in [0.717, 1.165) is 16.8 Å². The quantitative estimate of drug-likeness (QED) is 0.504. The third-order valence-electron chi connectivity index (χ3n) is 4.24. The second kappa shape index (κ2) is 7.00. The molecular weight excluding hydrogens is 363 g/mol. The van der Waals surface area contributed by atoms with Crippen molar-refractivity contribution in [1.82, 2.24) is 19.2 Å². The maximum atomic E-state index is 13.8. The summed E-state index contributed by atoms with van der Waals surface area (Å²) in [5, 5.41) is 8.71. The molecule has 0 unspecified atom stereocenters. The highest BCUT2D eigenvalue weighted by atomic mass is 32.2. The number of aromatic nitrogens is 4. The summed E-state index contributed by atoms with van der Waals surface area (Å²) in [5.41, 5.74) is 3.55. The predicted octanol–water partition coefficient (Wildman–Crippen LogP) is 3.93. The standard InChI is InChI=1S/C20H17FN4OS/c1-13-9-14(2)11-16(10-13)24-7-8-25-18(19(24)26)22-23-20(25)27-12-15-5-3-4-6-17(15)21/h3-11H,12H2,1-2H3. The molecule has 7 heteroatoms. The highest BCUT2D eigenvalue weighted by Crippen LogP contribution is 2.22. The monoisotopic (exact) mass is 380 g/mol. The fourth-order valence-corrected chi connectivity index (χ4v) is 3.92. The number of hydrogen-bond donors (Lipinski definition) is 0. The van der Waals surface area contributed by atoms with Gasteiger partial charge in [0.1, 0.15) is 5.82 Å². The lowest BCUT2D eigenvalue weighted by molar-refractivity contribution is 0.617. The van der Waals surface area contributed by atoms with Gasteiger partial charge in [0, 0.05) is 23.8 Å². The maximum Gasteiger partial charge on any atom is 0.300 e. The van der Waals surface area contributed by atoms with Crippen molar-refractivity contribution < 1.29 is 4.39 Å². The Morgan fingerprint density at radius 2 is 1.78 bits per heavy atom. The van der Waals surface area contributed by atoms with Crippen LogP contribution in [0.5, 0.6) is 0 Å². The van der Waals surface area contributed by atoms with Crippen molar-refractivity contribution in [3.8, 4) is 5.69 Å². The molecule has 4 rings (SSSR count). The van der Waals surface area contributed by atoms with Crippen LogP contribution in [-0.2, 0) is 5.75 Å². The fourth-order valence-electron chi connectivity index (χ4n) is 3.02. The van der Waals surface area contributed by atoms with Crippen LogP contribution in [0.15, 0.2) is 64.8 Å². The van der Waals surface area contributed by atoms with Gasteiger partial charge in [-0.3, -0.25) is 13.8 Å². The van der Waals surface area contributed by atoms with Gasteiger partial charge in [-0.15, -0.1) is 10.2 Å². The number of halogens is 1. The van der Waals surface area contributed by atoms with E-state index in [0.29, 0.717) is 16.5 Å². The molecule has 2 heterocycles. The Labute approximate surface area is 159 Å². The minimum Gasteiger partial charge on any atom is -0.280 e. The normalized spacial score (nSPS) is 11.2. The van der Waals surface area contributed by atoms with E-state index in [1.165, 1.54) is 17.8 Å². The lowest BCUT2D eigenvalue weighted by Gasteiger charge is -2.08. The molecule has 0 atom stereocenters. The summed E-state index contributed by atoms with van der Waals surface area (Å²) >= 11 is 1.34. The van der Waals surface area contributed by atoms with E-state index < -0.39 is 0 Å². The SMILES string of the molecule is Cc1cc(C)cc(-n2ccn3c(SCc4ccccc4F)nnc3c2=O)c1. The van der Waals surface area contributed by atoms with Gasteiger partial charge >= 0.3 is 5.56 Å². The van der Waals surface area contributed by atoms with Crippen molar-refractivity contribution in [2.45, 2.75) is 24.8 Å². The average Bonchev–Trinajstić information content (AvgIpc) is 3.04. The molecule has 0 spiro atoms. The molecule has 0 radical (unpaired) electrons. The number of rotatable bonds is 4. The first-order chi connectivity index (χ1) is 13.0. The minimum atomic E-state index is -0.254. The molecule has 27 heavy (non-hydrogen) atoms. The maximum absolute atomic E-state index is 13.8. The molecule has 0 aliphatic carbocycles. The highest BCUT2D eigenvalue weighted by Gasteiger charge is 2.13. The Kier molecular flexibility index (Phi) is 4.53. The second-order valence-electron chi connectivity index (χ2n) is 6.38. The molecular formula is C20H17FN4OS. The zero-order valence-electron chi connectivity index (χ0n) is 14.9. The first kappa shape index (κ1) is 17.5. The van der Waals surface area contributed by atoms with E-state index in [1.807, 2.05) is 26.0 Å². The van der Waals surface area contributed by atoms with Crippen LogP contribution in [0.1, 0.15) is 16.7 Å². The van der Waals surface area contributed by atoms with Crippen LogP contribution in [-0.4, -0.2) is 19.2 Å². The Balaban J connectivity index is 1.69. The number of hydrogen-bond acceptors (Lipinski definition) is 4. The van der Waals surface area contributed by atoms with Crippen molar-refractivity contribution in [2.75, 3.05) is 0 Å². The molecule has 0 aliphatic heterocycles. The summed E-state index contributed by atoms with van der Waals surface area (Å²) in [5.74, 6) is 0.157. The van der Waals surface area contributed by atoms with Gasteiger partial charge < -0.3 is 0 Å². The van der Waals surface area contributed by atoms with Crippen LogP contribution in [0.25, 0.3) is 11.3 Å². The lowest BCUT2D eigenvalue weighted by atomic mass is 10.1. The van der Waals surface area contributed by atoms with Crippen LogP contribution in [0, 0.1) is 19.7 Å². The molecule has 0 N–H and O–H groups in total. The van der Waals surface area contributed by atoms with Crippen molar-refractivity contribution >= 4 is 17.4 Å².